The number of nitrogens with one attached hydrogen (secondary N) is 2. The molecule has 192 valence electrons. The van der Waals surface area contributed by atoms with Crippen molar-refractivity contribution in [2.45, 2.75) is 31.6 Å². The van der Waals surface area contributed by atoms with Gasteiger partial charge in [0.05, 0.1) is 29.9 Å². The summed E-state index contributed by atoms with van der Waals surface area (Å²) in [5.41, 5.74) is -0.650. The fourth-order valence-corrected chi connectivity index (χ4v) is 7.87. The summed E-state index contributed by atoms with van der Waals surface area (Å²) < 4.78 is 67.7. The number of H-pyrrole nitrogens is 1. The monoisotopic (exact) mass is 554 g/mol. The number of aromatic amines is 1. The number of hydrogen-bond donors (Lipinski definition) is 2. The maximum atomic E-state index is 16.3. The molecule has 0 saturated carbocycles. The Balaban J connectivity index is 1.99. The van der Waals surface area contributed by atoms with Crippen molar-refractivity contribution in [2.75, 3.05) is 17.8 Å². The van der Waals surface area contributed by atoms with Crippen LogP contribution in [0.25, 0.3) is 16.7 Å². The van der Waals surface area contributed by atoms with Crippen LogP contribution < -0.4 is 5.32 Å². The third-order valence-corrected chi connectivity index (χ3v) is 9.67. The minimum atomic E-state index is -4.46. The lowest BCUT2D eigenvalue weighted by molar-refractivity contribution is 0.189. The summed E-state index contributed by atoms with van der Waals surface area (Å²) in [5, 5.41) is 2.86. The molecule has 3 aromatic rings. The number of aromatic nitrogens is 4. The van der Waals surface area contributed by atoms with E-state index in [0.29, 0.717) is 28.1 Å². The zero-order chi connectivity index (χ0) is 26.5. The highest BCUT2D eigenvalue weighted by Gasteiger charge is 2.53. The third kappa shape index (κ3) is 4.75. The molecular formula is C22H24ClFN6O4S2. The maximum absolute atomic E-state index is 16.3. The second-order valence-electron chi connectivity index (χ2n) is 8.65. The minimum absolute atomic E-state index is 0.149. The predicted octanol–water partition coefficient (Wildman–Crippen LogP) is 3.06. The third-order valence-electron chi connectivity index (χ3n) is 5.84. The van der Waals surface area contributed by atoms with Gasteiger partial charge in [0.15, 0.2) is 17.1 Å². The zero-order valence-electron chi connectivity index (χ0n) is 19.8. The van der Waals surface area contributed by atoms with Gasteiger partial charge in [0.25, 0.3) is 0 Å². The molecule has 36 heavy (non-hydrogen) atoms. The first-order valence-electron chi connectivity index (χ1n) is 10.7. The lowest BCUT2D eigenvalue weighted by atomic mass is 9.78. The van der Waals surface area contributed by atoms with E-state index in [1.54, 1.807) is 37.3 Å². The number of halogens is 2. The molecule has 14 heteroatoms. The lowest BCUT2D eigenvalue weighted by Gasteiger charge is -2.42. The van der Waals surface area contributed by atoms with Crippen molar-refractivity contribution in [3.63, 3.8) is 0 Å². The van der Waals surface area contributed by atoms with Gasteiger partial charge in [0.2, 0.25) is 20.0 Å². The van der Waals surface area contributed by atoms with E-state index in [9.17, 15) is 16.8 Å². The molecule has 1 aliphatic rings. The Kier molecular flexibility index (Phi) is 6.71. The van der Waals surface area contributed by atoms with Crippen LogP contribution in [-0.2, 0) is 20.0 Å². The number of fused-ring (bicyclic) bond motifs is 1. The second kappa shape index (κ2) is 9.21. The Morgan fingerprint density at radius 2 is 1.75 bits per heavy atom. The molecule has 2 N–H and O–H groups in total. The summed E-state index contributed by atoms with van der Waals surface area (Å²) >= 11 is 6.39. The van der Waals surface area contributed by atoms with Gasteiger partial charge in [-0.05, 0) is 36.6 Å². The van der Waals surface area contributed by atoms with Gasteiger partial charge in [0.1, 0.15) is 17.9 Å². The van der Waals surface area contributed by atoms with E-state index in [2.05, 4.69) is 25.3 Å². The average Bonchev–Trinajstić information content (AvgIpc) is 3.25. The largest absolute Gasteiger partial charge is 0.362 e. The van der Waals surface area contributed by atoms with Gasteiger partial charge >= 0.3 is 0 Å². The summed E-state index contributed by atoms with van der Waals surface area (Å²) in [7, 11) is -8.91. The zero-order valence-corrected chi connectivity index (χ0v) is 22.2. The van der Waals surface area contributed by atoms with Crippen molar-refractivity contribution in [3.8, 4) is 0 Å². The number of alkyl halides is 1. The molecule has 0 saturated heterocycles. The molecule has 1 aliphatic carbocycles. The van der Waals surface area contributed by atoms with E-state index in [0.717, 1.165) is 19.4 Å². The molecule has 4 rings (SSSR count). The molecule has 3 atom stereocenters. The minimum Gasteiger partial charge on any atom is -0.362 e. The van der Waals surface area contributed by atoms with E-state index in [1.165, 1.54) is 18.7 Å². The molecule has 2 aromatic heterocycles. The van der Waals surface area contributed by atoms with Crippen LogP contribution in [-0.4, -0.2) is 70.7 Å². The number of rotatable bonds is 7. The van der Waals surface area contributed by atoms with Gasteiger partial charge in [-0.25, -0.2) is 36.2 Å². The van der Waals surface area contributed by atoms with Crippen molar-refractivity contribution in [2.24, 2.45) is 0 Å². The number of imidazole rings is 1. The van der Waals surface area contributed by atoms with Crippen LogP contribution in [0.3, 0.4) is 0 Å². The van der Waals surface area contributed by atoms with Crippen LogP contribution in [0.2, 0.25) is 0 Å². The van der Waals surface area contributed by atoms with E-state index < -0.39 is 37.8 Å². The first-order valence-corrected chi connectivity index (χ1v) is 14.8. The molecule has 0 fully saturated rings. The topological polar surface area (TPSA) is 138 Å². The van der Waals surface area contributed by atoms with Gasteiger partial charge in [0, 0.05) is 0 Å². The molecule has 1 aromatic carbocycles. The fourth-order valence-electron chi connectivity index (χ4n) is 4.31. The van der Waals surface area contributed by atoms with Crippen molar-refractivity contribution in [1.29, 1.82) is 0 Å². The average molecular weight is 555 g/mol. The Hall–Kier alpha value is -2.87. The number of hydrogen-bond acceptors (Lipinski definition) is 8. The maximum Gasteiger partial charge on any atom is 0.224 e. The van der Waals surface area contributed by atoms with Crippen molar-refractivity contribution >= 4 is 54.2 Å². The smallest absolute Gasteiger partial charge is 0.224 e. The summed E-state index contributed by atoms with van der Waals surface area (Å²) in [5.74, 6) is 0.391. The lowest BCUT2D eigenvalue weighted by Crippen LogP contribution is -2.55. The molecule has 0 amide bonds. The summed E-state index contributed by atoms with van der Waals surface area (Å²) in [6.45, 7) is 2.81. The summed E-state index contributed by atoms with van der Waals surface area (Å²) in [4.78, 5) is 15.4. The van der Waals surface area contributed by atoms with Gasteiger partial charge in [-0.1, -0.05) is 45.6 Å². The van der Waals surface area contributed by atoms with Crippen LogP contribution in [0, 0.1) is 0 Å². The number of anilines is 1. The Labute approximate surface area is 213 Å². The van der Waals surface area contributed by atoms with Crippen LogP contribution >= 0.6 is 11.6 Å². The molecule has 3 unspecified atom stereocenters. The normalized spacial score (nSPS) is 22.1. The van der Waals surface area contributed by atoms with Crippen LogP contribution in [0.5, 0.6) is 0 Å². The number of nitrogens with zero attached hydrogens (tertiary/aromatic N) is 4. The standard InChI is InChI=1S/C22H24ClFN6O4S2/c1-13(29-21-18-20(26-11-25-18)27-12-28-21)15-10-16(23)22(2,24)19(17(15)14-8-6-5-7-9-14)30(35(3,31)32)36(4,33)34/h5-13,19H,1-4H3,(H2,25,26,27,28,29). The van der Waals surface area contributed by atoms with E-state index in [-0.39, 0.29) is 14.3 Å². The quantitative estimate of drug-likeness (QED) is 0.454. The first-order chi connectivity index (χ1) is 16.7. The van der Waals surface area contributed by atoms with Crippen LogP contribution in [0.1, 0.15) is 19.4 Å². The van der Waals surface area contributed by atoms with E-state index in [1.807, 2.05) is 0 Å². The Morgan fingerprint density at radius 1 is 1.11 bits per heavy atom. The van der Waals surface area contributed by atoms with Crippen LogP contribution in [0.15, 0.2) is 59.7 Å². The van der Waals surface area contributed by atoms with E-state index >= 15 is 4.39 Å². The molecule has 0 radical (unpaired) electrons. The van der Waals surface area contributed by atoms with Gasteiger partial charge in [-0.3, -0.25) is 0 Å². The highest BCUT2D eigenvalue weighted by atomic mass is 35.5. The number of benzene rings is 1. The van der Waals surface area contributed by atoms with Gasteiger partial charge in [-0.15, -0.1) is 0 Å². The summed E-state index contributed by atoms with van der Waals surface area (Å²) in [6, 6.07) is 5.98. The molecule has 10 nitrogen and oxygen atoms in total. The Bertz CT molecular complexity index is 1550. The van der Waals surface area contributed by atoms with E-state index in [4.69, 9.17) is 11.6 Å². The summed E-state index contributed by atoms with van der Waals surface area (Å²) in [6.07, 6.45) is 5.62. The van der Waals surface area contributed by atoms with Crippen molar-refractivity contribution < 1.29 is 21.2 Å². The molecule has 0 spiro atoms. The Morgan fingerprint density at radius 3 is 2.36 bits per heavy atom. The molecule has 0 bridgehead atoms. The number of sulfonamides is 2. The van der Waals surface area contributed by atoms with Gasteiger partial charge < -0.3 is 10.3 Å². The molecule has 2 heterocycles. The SMILES string of the molecule is CC(Nc1ncnc2nc[nH]c12)C1=C(c2ccccc2)C(N(S(C)(=O)=O)S(C)(=O)=O)C(C)(F)C(Cl)=C1. The second-order valence-corrected chi connectivity index (χ2v) is 13.0. The van der Waals surface area contributed by atoms with Crippen LogP contribution in [0.4, 0.5) is 10.2 Å². The molecule has 0 aliphatic heterocycles. The predicted molar refractivity (Wildman–Crippen MR) is 137 cm³/mol. The van der Waals surface area contributed by atoms with Crippen molar-refractivity contribution in [3.05, 3.63) is 65.2 Å². The van der Waals surface area contributed by atoms with Crippen molar-refractivity contribution in [1.82, 2.24) is 23.6 Å². The first kappa shape index (κ1) is 26.2. The molecular weight excluding hydrogens is 531 g/mol. The highest BCUT2D eigenvalue weighted by molar-refractivity contribution is 8.03. The van der Waals surface area contributed by atoms with Gasteiger partial charge in [-0.2, -0.15) is 0 Å². The fraction of sp³-hybridized carbons (Fsp3) is 0.318. The highest BCUT2D eigenvalue weighted by Crippen LogP contribution is 2.47.